The number of aliphatic hydroxyl groups is 1. The second-order valence-corrected chi connectivity index (χ2v) is 5.24. The molecule has 3 heteroatoms. The van der Waals surface area contributed by atoms with Crippen molar-refractivity contribution in [2.75, 3.05) is 5.32 Å². The normalized spacial score (nSPS) is 17.5. The minimum Gasteiger partial charge on any atom is -0.389 e. The van der Waals surface area contributed by atoms with Crippen molar-refractivity contribution in [2.24, 2.45) is 0 Å². The molecular formula is C16H19NO2. The number of hydrogen-bond donors (Lipinski definition) is 2. The van der Waals surface area contributed by atoms with E-state index in [-0.39, 0.29) is 12.3 Å². The summed E-state index contributed by atoms with van der Waals surface area (Å²) in [7, 11) is 0. The molecule has 0 bridgehead atoms. The summed E-state index contributed by atoms with van der Waals surface area (Å²) in [4.78, 5) is 12.0. The van der Waals surface area contributed by atoms with Crippen LogP contribution in [-0.4, -0.2) is 16.6 Å². The summed E-state index contributed by atoms with van der Waals surface area (Å²) in [6, 6.07) is 7.16. The van der Waals surface area contributed by atoms with Crippen LogP contribution in [0.15, 0.2) is 24.3 Å². The highest BCUT2D eigenvalue weighted by molar-refractivity contribution is 5.91. The van der Waals surface area contributed by atoms with Crippen LogP contribution < -0.4 is 5.32 Å². The lowest BCUT2D eigenvalue weighted by atomic mass is 9.82. The van der Waals surface area contributed by atoms with Gasteiger partial charge in [0.15, 0.2) is 0 Å². The molecule has 1 aliphatic rings. The van der Waals surface area contributed by atoms with Crippen LogP contribution in [0.4, 0.5) is 5.69 Å². The third-order valence-electron chi connectivity index (χ3n) is 3.59. The van der Waals surface area contributed by atoms with Crippen molar-refractivity contribution in [3.63, 3.8) is 0 Å². The minimum absolute atomic E-state index is 0.154. The largest absolute Gasteiger partial charge is 0.389 e. The van der Waals surface area contributed by atoms with Crippen molar-refractivity contribution >= 4 is 11.6 Å². The van der Waals surface area contributed by atoms with Crippen molar-refractivity contribution in [3.8, 4) is 12.3 Å². The predicted octanol–water partition coefficient (Wildman–Crippen LogP) is 2.69. The van der Waals surface area contributed by atoms with Crippen LogP contribution >= 0.6 is 0 Å². The van der Waals surface area contributed by atoms with Crippen molar-refractivity contribution in [1.82, 2.24) is 0 Å². The van der Waals surface area contributed by atoms with Gasteiger partial charge in [0, 0.05) is 11.3 Å². The van der Waals surface area contributed by atoms with E-state index in [0.29, 0.717) is 18.5 Å². The fourth-order valence-corrected chi connectivity index (χ4v) is 2.58. The zero-order valence-electron chi connectivity index (χ0n) is 11.0. The quantitative estimate of drug-likeness (QED) is 0.818. The first kappa shape index (κ1) is 13.6. The summed E-state index contributed by atoms with van der Waals surface area (Å²) >= 11 is 0. The zero-order valence-corrected chi connectivity index (χ0v) is 11.0. The summed E-state index contributed by atoms with van der Waals surface area (Å²) < 4.78 is 0. The van der Waals surface area contributed by atoms with Gasteiger partial charge in [0.2, 0.25) is 5.91 Å². The number of carbonyl (C=O) groups excluding carboxylic acids is 1. The Bertz CT molecular complexity index is 496. The molecule has 0 saturated heterocycles. The molecule has 1 fully saturated rings. The van der Waals surface area contributed by atoms with E-state index in [9.17, 15) is 9.90 Å². The molecule has 3 nitrogen and oxygen atoms in total. The van der Waals surface area contributed by atoms with Gasteiger partial charge in [0.05, 0.1) is 12.0 Å². The first-order valence-corrected chi connectivity index (χ1v) is 6.70. The summed E-state index contributed by atoms with van der Waals surface area (Å²) in [6.07, 6.45) is 10.0. The number of nitrogens with one attached hydrogen (secondary N) is 1. The number of amides is 1. The Morgan fingerprint density at radius 3 is 2.79 bits per heavy atom. The molecule has 2 N–H and O–H groups in total. The van der Waals surface area contributed by atoms with Crippen molar-refractivity contribution in [1.29, 1.82) is 0 Å². The Kier molecular flexibility index (Phi) is 4.24. The van der Waals surface area contributed by atoms with Crippen LogP contribution in [0.1, 0.15) is 44.1 Å². The minimum atomic E-state index is -0.827. The average Bonchev–Trinajstić information content (AvgIpc) is 2.39. The van der Waals surface area contributed by atoms with Gasteiger partial charge in [0.25, 0.3) is 0 Å². The third-order valence-corrected chi connectivity index (χ3v) is 3.59. The molecular weight excluding hydrogens is 238 g/mol. The predicted molar refractivity (Wildman–Crippen MR) is 75.7 cm³/mol. The van der Waals surface area contributed by atoms with E-state index in [1.54, 1.807) is 18.2 Å². The molecule has 0 heterocycles. The third kappa shape index (κ3) is 3.84. The van der Waals surface area contributed by atoms with Gasteiger partial charge in [-0.15, -0.1) is 6.42 Å². The Labute approximate surface area is 114 Å². The van der Waals surface area contributed by atoms with Gasteiger partial charge in [-0.3, -0.25) is 4.79 Å². The lowest BCUT2D eigenvalue weighted by Gasteiger charge is -2.31. The highest BCUT2D eigenvalue weighted by atomic mass is 16.3. The van der Waals surface area contributed by atoms with Crippen molar-refractivity contribution in [2.45, 2.75) is 44.1 Å². The first-order valence-electron chi connectivity index (χ1n) is 6.70. The molecule has 1 aromatic carbocycles. The van der Waals surface area contributed by atoms with Crippen LogP contribution in [0.3, 0.4) is 0 Å². The van der Waals surface area contributed by atoms with E-state index < -0.39 is 5.60 Å². The van der Waals surface area contributed by atoms with Gasteiger partial charge in [0.1, 0.15) is 0 Å². The molecule has 0 atom stereocenters. The molecule has 100 valence electrons. The van der Waals surface area contributed by atoms with E-state index in [4.69, 9.17) is 6.42 Å². The molecule has 1 aliphatic carbocycles. The maximum atomic E-state index is 12.0. The average molecular weight is 257 g/mol. The topological polar surface area (TPSA) is 49.3 Å². The van der Waals surface area contributed by atoms with E-state index in [1.165, 1.54) is 0 Å². The Hall–Kier alpha value is -1.79. The molecule has 0 spiro atoms. The van der Waals surface area contributed by atoms with Gasteiger partial charge < -0.3 is 10.4 Å². The van der Waals surface area contributed by atoms with Gasteiger partial charge in [-0.25, -0.2) is 0 Å². The molecule has 1 amide bonds. The standard InChI is InChI=1S/C16H19NO2/c1-2-13-7-6-8-14(11-13)17-15(18)12-16(19)9-4-3-5-10-16/h1,6-8,11,19H,3-5,9-10,12H2,(H,17,18). The second kappa shape index (κ2) is 5.90. The molecule has 1 aromatic rings. The van der Waals surface area contributed by atoms with Crippen LogP contribution in [0.2, 0.25) is 0 Å². The number of terminal acetylenes is 1. The number of benzene rings is 1. The highest BCUT2D eigenvalue weighted by Crippen LogP contribution is 2.31. The number of carbonyl (C=O) groups is 1. The number of hydrogen-bond acceptors (Lipinski definition) is 2. The smallest absolute Gasteiger partial charge is 0.227 e. The molecule has 0 radical (unpaired) electrons. The second-order valence-electron chi connectivity index (χ2n) is 5.24. The number of anilines is 1. The maximum absolute atomic E-state index is 12.0. The highest BCUT2D eigenvalue weighted by Gasteiger charge is 2.31. The van der Waals surface area contributed by atoms with E-state index in [0.717, 1.165) is 24.8 Å². The molecule has 1 saturated carbocycles. The Morgan fingerprint density at radius 1 is 1.37 bits per heavy atom. The zero-order chi connectivity index (χ0) is 13.7. The summed E-state index contributed by atoms with van der Waals surface area (Å²) in [5.74, 6) is 2.37. The summed E-state index contributed by atoms with van der Waals surface area (Å²) in [5, 5.41) is 13.1. The maximum Gasteiger partial charge on any atom is 0.227 e. The lowest BCUT2D eigenvalue weighted by Crippen LogP contribution is -2.35. The molecule has 2 rings (SSSR count). The van der Waals surface area contributed by atoms with Crippen molar-refractivity contribution < 1.29 is 9.90 Å². The van der Waals surface area contributed by atoms with E-state index in [1.807, 2.05) is 6.07 Å². The van der Waals surface area contributed by atoms with Crippen LogP contribution in [0.5, 0.6) is 0 Å². The van der Waals surface area contributed by atoms with Crippen LogP contribution in [0.25, 0.3) is 0 Å². The molecule has 19 heavy (non-hydrogen) atoms. The summed E-state index contributed by atoms with van der Waals surface area (Å²) in [6.45, 7) is 0. The Morgan fingerprint density at radius 2 is 2.11 bits per heavy atom. The fourth-order valence-electron chi connectivity index (χ4n) is 2.58. The van der Waals surface area contributed by atoms with Gasteiger partial charge in [-0.2, -0.15) is 0 Å². The van der Waals surface area contributed by atoms with Crippen LogP contribution in [-0.2, 0) is 4.79 Å². The summed E-state index contributed by atoms with van der Waals surface area (Å²) in [5.41, 5.74) is 0.584. The van der Waals surface area contributed by atoms with Gasteiger partial charge >= 0.3 is 0 Å². The fraction of sp³-hybridized carbons (Fsp3) is 0.438. The van der Waals surface area contributed by atoms with Crippen molar-refractivity contribution in [3.05, 3.63) is 29.8 Å². The van der Waals surface area contributed by atoms with Gasteiger partial charge in [-0.05, 0) is 31.0 Å². The SMILES string of the molecule is C#Cc1cccc(NC(=O)CC2(O)CCCCC2)c1. The monoisotopic (exact) mass is 257 g/mol. The molecule has 0 aromatic heterocycles. The molecule has 0 unspecified atom stereocenters. The Balaban J connectivity index is 1.95. The number of rotatable bonds is 3. The first-order chi connectivity index (χ1) is 9.11. The lowest BCUT2D eigenvalue weighted by molar-refractivity contribution is -0.122. The molecule has 0 aliphatic heterocycles. The van der Waals surface area contributed by atoms with E-state index in [2.05, 4.69) is 11.2 Å². The van der Waals surface area contributed by atoms with E-state index >= 15 is 0 Å². The van der Waals surface area contributed by atoms with Gasteiger partial charge in [-0.1, -0.05) is 31.2 Å². The van der Waals surface area contributed by atoms with Crippen LogP contribution in [0, 0.1) is 12.3 Å².